The summed E-state index contributed by atoms with van der Waals surface area (Å²) in [5.74, 6) is -0.599. The number of hydrogen-bond acceptors (Lipinski definition) is 4. The number of hydrogen-bond donors (Lipinski definition) is 2. The van der Waals surface area contributed by atoms with Gasteiger partial charge in [-0.05, 0) is 36.6 Å². The predicted octanol–water partition coefficient (Wildman–Crippen LogP) is 2.47. The first-order chi connectivity index (χ1) is 12.5. The van der Waals surface area contributed by atoms with Crippen LogP contribution in [0.25, 0.3) is 0 Å². The number of halogens is 1. The highest BCUT2D eigenvalue weighted by Crippen LogP contribution is 2.31. The van der Waals surface area contributed by atoms with E-state index in [9.17, 15) is 14.0 Å². The first-order valence-electron chi connectivity index (χ1n) is 8.46. The molecule has 2 heterocycles. The minimum Gasteiger partial charge on any atom is -0.384 e. The van der Waals surface area contributed by atoms with Gasteiger partial charge < -0.3 is 11.1 Å². The minimum atomic E-state index is -0.774. The fraction of sp³-hybridized carbons (Fsp3) is 0.316. The molecule has 1 fully saturated rings. The number of likely N-dealkylation sites (tertiary alicyclic amines) is 1. The molecule has 2 aromatic rings. The average molecular weight is 356 g/mol. The number of imide groups is 1. The van der Waals surface area contributed by atoms with Gasteiger partial charge in [0, 0.05) is 6.20 Å². The summed E-state index contributed by atoms with van der Waals surface area (Å²) in [6.07, 6.45) is 1.88. The van der Waals surface area contributed by atoms with E-state index in [0.717, 1.165) is 16.0 Å². The number of anilines is 1. The van der Waals surface area contributed by atoms with Crippen molar-refractivity contribution in [2.45, 2.75) is 25.4 Å². The second kappa shape index (κ2) is 7.51. The van der Waals surface area contributed by atoms with Crippen LogP contribution in [0.5, 0.6) is 0 Å². The standard InChI is InChI=1S/C19H21FN4O2/c1-12(14-5-3-2-4-6-14)23-19(26)24-16(11-20)15(18(24)25)9-13-7-8-22-17(21)10-13/h2-8,10,12,15-16H,9,11H2,1H3,(H2,21,22)(H,23,26)/t12-,15?,16-/m1/s1. The third-order valence-electron chi connectivity index (χ3n) is 4.67. The van der Waals surface area contributed by atoms with E-state index in [1.54, 1.807) is 18.3 Å². The first kappa shape index (κ1) is 17.8. The lowest BCUT2D eigenvalue weighted by molar-refractivity contribution is -0.151. The maximum Gasteiger partial charge on any atom is 0.324 e. The van der Waals surface area contributed by atoms with Crippen LogP contribution >= 0.6 is 0 Å². The van der Waals surface area contributed by atoms with Gasteiger partial charge in [-0.1, -0.05) is 30.3 Å². The predicted molar refractivity (Wildman–Crippen MR) is 95.8 cm³/mol. The van der Waals surface area contributed by atoms with Crippen molar-refractivity contribution in [1.82, 2.24) is 15.2 Å². The molecule has 0 aliphatic carbocycles. The van der Waals surface area contributed by atoms with Gasteiger partial charge in [0.05, 0.1) is 18.0 Å². The van der Waals surface area contributed by atoms with E-state index in [0.29, 0.717) is 12.2 Å². The summed E-state index contributed by atoms with van der Waals surface area (Å²) in [7, 11) is 0. The highest BCUT2D eigenvalue weighted by Gasteiger charge is 2.50. The summed E-state index contributed by atoms with van der Waals surface area (Å²) in [6.45, 7) is 1.04. The quantitative estimate of drug-likeness (QED) is 0.806. The van der Waals surface area contributed by atoms with Crippen molar-refractivity contribution in [2.24, 2.45) is 5.92 Å². The molecule has 136 valence electrons. The summed E-state index contributed by atoms with van der Waals surface area (Å²) in [4.78, 5) is 29.7. The number of nitrogens with two attached hydrogens (primary N) is 1. The van der Waals surface area contributed by atoms with Crippen LogP contribution in [0.1, 0.15) is 24.1 Å². The Hall–Kier alpha value is -2.96. The molecule has 0 saturated carbocycles. The Balaban J connectivity index is 1.65. The smallest absolute Gasteiger partial charge is 0.324 e. The zero-order valence-corrected chi connectivity index (χ0v) is 14.4. The van der Waals surface area contributed by atoms with Crippen LogP contribution in [0.15, 0.2) is 48.7 Å². The summed E-state index contributed by atoms with van der Waals surface area (Å²) < 4.78 is 13.5. The molecule has 0 bridgehead atoms. The minimum absolute atomic E-state index is 0.282. The van der Waals surface area contributed by atoms with Crippen molar-refractivity contribution in [3.63, 3.8) is 0 Å². The molecule has 3 rings (SSSR count). The van der Waals surface area contributed by atoms with Gasteiger partial charge in [0.25, 0.3) is 0 Å². The molecular formula is C19H21FN4O2. The van der Waals surface area contributed by atoms with Crippen LogP contribution in [0, 0.1) is 5.92 Å². The lowest BCUT2D eigenvalue weighted by Gasteiger charge is -2.44. The maximum atomic E-state index is 13.5. The fourth-order valence-corrected chi connectivity index (χ4v) is 3.21. The Kier molecular flexibility index (Phi) is 5.16. The van der Waals surface area contributed by atoms with E-state index in [1.165, 1.54) is 0 Å². The second-order valence-corrected chi connectivity index (χ2v) is 6.41. The van der Waals surface area contributed by atoms with Crippen molar-refractivity contribution in [3.05, 3.63) is 59.8 Å². The van der Waals surface area contributed by atoms with Gasteiger partial charge in [-0.25, -0.2) is 14.2 Å². The van der Waals surface area contributed by atoms with Crippen molar-refractivity contribution >= 4 is 17.8 Å². The molecule has 1 aliphatic rings. The Morgan fingerprint density at radius 2 is 2.08 bits per heavy atom. The van der Waals surface area contributed by atoms with Gasteiger partial charge in [-0.3, -0.25) is 9.69 Å². The maximum absolute atomic E-state index is 13.5. The van der Waals surface area contributed by atoms with Gasteiger partial charge in [0.15, 0.2) is 0 Å². The number of rotatable bonds is 5. The number of nitrogens with zero attached hydrogens (tertiary/aromatic N) is 2. The SMILES string of the molecule is C[C@@H](NC(=O)N1C(=O)C(Cc2ccnc(N)c2)[C@H]1CF)c1ccccc1. The second-order valence-electron chi connectivity index (χ2n) is 6.41. The normalized spacial score (nSPS) is 20.4. The van der Waals surface area contributed by atoms with Crippen molar-refractivity contribution in [1.29, 1.82) is 0 Å². The molecule has 26 heavy (non-hydrogen) atoms. The van der Waals surface area contributed by atoms with Crippen LogP contribution < -0.4 is 11.1 Å². The molecule has 0 spiro atoms. The number of amides is 3. The summed E-state index contributed by atoms with van der Waals surface area (Å²) >= 11 is 0. The zero-order valence-electron chi connectivity index (χ0n) is 14.4. The van der Waals surface area contributed by atoms with Crippen LogP contribution in [0.4, 0.5) is 15.0 Å². The van der Waals surface area contributed by atoms with Crippen LogP contribution in [-0.2, 0) is 11.2 Å². The molecule has 3 N–H and O–H groups in total. The van der Waals surface area contributed by atoms with Crippen molar-refractivity contribution in [3.8, 4) is 0 Å². The Morgan fingerprint density at radius 3 is 2.73 bits per heavy atom. The molecule has 1 saturated heterocycles. The zero-order chi connectivity index (χ0) is 18.7. The number of carbonyl (C=O) groups excluding carboxylic acids is 2. The van der Waals surface area contributed by atoms with E-state index in [-0.39, 0.29) is 11.9 Å². The van der Waals surface area contributed by atoms with Gasteiger partial charge >= 0.3 is 6.03 Å². The van der Waals surface area contributed by atoms with Crippen molar-refractivity contribution < 1.29 is 14.0 Å². The number of β-lactam (4-membered cyclic amide) rings is 1. The van der Waals surface area contributed by atoms with Gasteiger partial charge in [0.2, 0.25) is 5.91 Å². The molecule has 1 unspecified atom stereocenters. The highest BCUT2D eigenvalue weighted by atomic mass is 19.1. The number of benzene rings is 1. The van der Waals surface area contributed by atoms with Gasteiger partial charge in [0.1, 0.15) is 12.5 Å². The largest absolute Gasteiger partial charge is 0.384 e. The number of urea groups is 1. The number of aromatic nitrogens is 1. The summed E-state index contributed by atoms with van der Waals surface area (Å²) in [6, 6.07) is 11.2. The average Bonchev–Trinajstić information content (AvgIpc) is 2.64. The van der Waals surface area contributed by atoms with E-state index in [1.807, 2.05) is 37.3 Å². The molecule has 7 heteroatoms. The summed E-state index contributed by atoms with van der Waals surface area (Å²) in [5.41, 5.74) is 7.35. The lowest BCUT2D eigenvalue weighted by Crippen LogP contribution is -2.66. The molecular weight excluding hydrogens is 335 g/mol. The van der Waals surface area contributed by atoms with Crippen LogP contribution in [0.3, 0.4) is 0 Å². The third-order valence-corrected chi connectivity index (χ3v) is 4.67. The first-order valence-corrected chi connectivity index (χ1v) is 8.46. The molecule has 0 radical (unpaired) electrons. The number of pyridine rings is 1. The van der Waals surface area contributed by atoms with Gasteiger partial charge in [-0.2, -0.15) is 0 Å². The number of nitrogen functional groups attached to an aromatic ring is 1. The molecule has 1 aromatic carbocycles. The van der Waals surface area contributed by atoms with E-state index in [2.05, 4.69) is 10.3 Å². The number of alkyl halides is 1. The van der Waals surface area contributed by atoms with E-state index >= 15 is 0 Å². The number of nitrogens with one attached hydrogen (secondary N) is 1. The molecule has 1 aliphatic heterocycles. The van der Waals surface area contributed by atoms with Crippen LogP contribution in [0.2, 0.25) is 0 Å². The molecule has 3 amide bonds. The van der Waals surface area contributed by atoms with Crippen molar-refractivity contribution in [2.75, 3.05) is 12.4 Å². The monoisotopic (exact) mass is 356 g/mol. The van der Waals surface area contributed by atoms with Crippen LogP contribution in [-0.4, -0.2) is 34.5 Å². The summed E-state index contributed by atoms with van der Waals surface area (Å²) in [5, 5.41) is 2.76. The Morgan fingerprint density at radius 1 is 1.35 bits per heavy atom. The number of carbonyl (C=O) groups is 2. The molecule has 3 atom stereocenters. The van der Waals surface area contributed by atoms with E-state index < -0.39 is 24.7 Å². The topological polar surface area (TPSA) is 88.3 Å². The fourth-order valence-electron chi connectivity index (χ4n) is 3.21. The lowest BCUT2D eigenvalue weighted by atomic mass is 9.83. The van der Waals surface area contributed by atoms with Gasteiger partial charge in [-0.15, -0.1) is 0 Å². The molecule has 1 aromatic heterocycles. The van der Waals surface area contributed by atoms with E-state index in [4.69, 9.17) is 5.73 Å². The molecule has 6 nitrogen and oxygen atoms in total. The Labute approximate surface area is 151 Å². The Bertz CT molecular complexity index is 799. The highest BCUT2D eigenvalue weighted by molar-refractivity contribution is 6.01. The third kappa shape index (κ3) is 3.51.